The molecule has 0 fully saturated rings. The van der Waals surface area contributed by atoms with Crippen molar-refractivity contribution >= 4 is 11.8 Å². The van der Waals surface area contributed by atoms with E-state index in [0.717, 1.165) is 25.7 Å². The number of hydrogen-bond acceptors (Lipinski definition) is 5. The van der Waals surface area contributed by atoms with Gasteiger partial charge in [-0.05, 0) is 27.2 Å². The molecule has 0 aromatic carbocycles. The molecular formula is C18H33N5O2. The van der Waals surface area contributed by atoms with Crippen molar-refractivity contribution in [2.24, 2.45) is 10.8 Å². The Morgan fingerprint density at radius 3 is 2.36 bits per heavy atom. The second-order valence-corrected chi connectivity index (χ2v) is 7.05. The van der Waals surface area contributed by atoms with Gasteiger partial charge in [-0.3, -0.25) is 9.59 Å². The molecule has 0 spiro atoms. The predicted molar refractivity (Wildman–Crippen MR) is 99.8 cm³/mol. The average Bonchev–Trinajstić information content (AvgIpc) is 2.51. The van der Waals surface area contributed by atoms with E-state index in [0.29, 0.717) is 12.1 Å². The third-order valence-corrected chi connectivity index (χ3v) is 3.38. The minimum atomic E-state index is -0.678. The van der Waals surface area contributed by atoms with Crippen molar-refractivity contribution in [3.63, 3.8) is 0 Å². The first kappa shape index (κ1) is 22.8. The van der Waals surface area contributed by atoms with Crippen LogP contribution >= 0.6 is 0 Å². The lowest BCUT2D eigenvalue weighted by molar-refractivity contribution is -0.121. The van der Waals surface area contributed by atoms with Gasteiger partial charge in [-0.2, -0.15) is 5.11 Å². The fraction of sp³-hybridized carbons (Fsp3) is 0.667. The van der Waals surface area contributed by atoms with Gasteiger partial charge in [0, 0.05) is 24.2 Å². The summed E-state index contributed by atoms with van der Waals surface area (Å²) in [6, 6.07) is -0.678. The molecule has 0 aliphatic rings. The third-order valence-electron chi connectivity index (χ3n) is 3.38. The van der Waals surface area contributed by atoms with Crippen LogP contribution < -0.4 is 16.4 Å². The highest BCUT2D eigenvalue weighted by Crippen LogP contribution is 2.10. The van der Waals surface area contributed by atoms with E-state index < -0.39 is 11.9 Å². The van der Waals surface area contributed by atoms with Gasteiger partial charge in [0.1, 0.15) is 5.70 Å². The van der Waals surface area contributed by atoms with Crippen molar-refractivity contribution in [1.29, 1.82) is 5.53 Å². The SMILES string of the molecule is CCCCCCCC(=O)NC(/C=C/C(N)=O)/C(=C/NC(C)(C)C)N=N. The molecule has 0 aromatic heterocycles. The molecule has 0 bridgehead atoms. The van der Waals surface area contributed by atoms with Gasteiger partial charge in [0.25, 0.3) is 0 Å². The predicted octanol–water partition coefficient (Wildman–Crippen LogP) is 3.13. The molecule has 0 heterocycles. The highest BCUT2D eigenvalue weighted by Gasteiger charge is 2.16. The molecule has 142 valence electrons. The third kappa shape index (κ3) is 12.9. The molecule has 25 heavy (non-hydrogen) atoms. The molecule has 1 atom stereocenters. The van der Waals surface area contributed by atoms with Crippen molar-refractivity contribution < 1.29 is 9.59 Å². The van der Waals surface area contributed by atoms with Crippen molar-refractivity contribution in [2.45, 2.75) is 77.8 Å². The summed E-state index contributed by atoms with van der Waals surface area (Å²) in [7, 11) is 0. The van der Waals surface area contributed by atoms with Crippen molar-refractivity contribution in [3.05, 3.63) is 24.0 Å². The Hall–Kier alpha value is -2.18. The fourth-order valence-corrected chi connectivity index (χ4v) is 2.03. The average molecular weight is 351 g/mol. The zero-order valence-electron chi connectivity index (χ0n) is 15.9. The number of amides is 2. The highest BCUT2D eigenvalue weighted by molar-refractivity contribution is 5.86. The Balaban J connectivity index is 4.88. The number of nitrogens with zero attached hydrogens (tertiary/aromatic N) is 1. The summed E-state index contributed by atoms with van der Waals surface area (Å²) in [5.74, 6) is -0.757. The van der Waals surface area contributed by atoms with Gasteiger partial charge in [-0.15, -0.1) is 0 Å². The number of hydrogen-bond donors (Lipinski definition) is 4. The minimum Gasteiger partial charge on any atom is -0.385 e. The van der Waals surface area contributed by atoms with E-state index in [1.165, 1.54) is 18.6 Å². The molecule has 1 unspecified atom stereocenters. The molecule has 7 heteroatoms. The van der Waals surface area contributed by atoms with Gasteiger partial charge in [-0.1, -0.05) is 38.7 Å². The number of nitrogens with one attached hydrogen (secondary N) is 3. The van der Waals surface area contributed by atoms with Crippen LogP contribution in [0.3, 0.4) is 0 Å². The molecule has 0 radical (unpaired) electrons. The quantitative estimate of drug-likeness (QED) is 0.245. The standard InChI is InChI=1S/C18H33N5O2/c1-5-6-7-8-9-10-17(25)22-14(11-12-16(19)24)15(23-20)13-21-18(2,3)4/h11-14,20-21H,5-10H2,1-4H3,(H2,19,24)(H,22,25)/b12-11+,15-13-,23-20?. The van der Waals surface area contributed by atoms with Crippen LogP contribution in [-0.2, 0) is 9.59 Å². The molecule has 0 saturated carbocycles. The molecular weight excluding hydrogens is 318 g/mol. The summed E-state index contributed by atoms with van der Waals surface area (Å²) in [6.07, 6.45) is 9.88. The largest absolute Gasteiger partial charge is 0.385 e. The molecule has 0 aromatic rings. The van der Waals surface area contributed by atoms with Crippen LogP contribution in [0.15, 0.2) is 29.2 Å². The first-order chi connectivity index (χ1) is 11.7. The lowest BCUT2D eigenvalue weighted by atomic mass is 10.1. The van der Waals surface area contributed by atoms with Gasteiger partial charge in [0.2, 0.25) is 11.8 Å². The normalized spacial score (nSPS) is 13.5. The van der Waals surface area contributed by atoms with Crippen molar-refractivity contribution in [3.8, 4) is 0 Å². The van der Waals surface area contributed by atoms with Crippen LogP contribution in [0.4, 0.5) is 0 Å². The Kier molecular flexibility index (Phi) is 11.2. The molecule has 0 aliphatic carbocycles. The fourth-order valence-electron chi connectivity index (χ4n) is 2.03. The summed E-state index contributed by atoms with van der Waals surface area (Å²) in [5, 5.41) is 9.37. The van der Waals surface area contributed by atoms with E-state index in [1.54, 1.807) is 6.20 Å². The Morgan fingerprint density at radius 1 is 1.20 bits per heavy atom. The van der Waals surface area contributed by atoms with Gasteiger partial charge >= 0.3 is 0 Å². The molecule has 7 nitrogen and oxygen atoms in total. The van der Waals surface area contributed by atoms with E-state index in [2.05, 4.69) is 22.7 Å². The number of primary amides is 1. The summed E-state index contributed by atoms with van der Waals surface area (Å²) in [6.45, 7) is 8.04. The van der Waals surface area contributed by atoms with E-state index in [-0.39, 0.29) is 11.4 Å². The minimum absolute atomic E-state index is 0.138. The maximum atomic E-state index is 12.1. The summed E-state index contributed by atoms with van der Waals surface area (Å²) >= 11 is 0. The van der Waals surface area contributed by atoms with Gasteiger partial charge < -0.3 is 16.4 Å². The first-order valence-electron chi connectivity index (χ1n) is 8.81. The summed E-state index contributed by atoms with van der Waals surface area (Å²) in [4.78, 5) is 23.1. The smallest absolute Gasteiger partial charge is 0.241 e. The number of unbranched alkanes of at least 4 members (excludes halogenated alkanes) is 4. The van der Waals surface area contributed by atoms with Crippen molar-refractivity contribution in [1.82, 2.24) is 10.6 Å². The van der Waals surface area contributed by atoms with Crippen molar-refractivity contribution in [2.75, 3.05) is 0 Å². The zero-order chi connectivity index (χ0) is 19.3. The van der Waals surface area contributed by atoms with E-state index >= 15 is 0 Å². The summed E-state index contributed by atoms with van der Waals surface area (Å²) in [5.41, 5.74) is 12.6. The lowest BCUT2D eigenvalue weighted by Gasteiger charge is -2.21. The van der Waals surface area contributed by atoms with Crippen LogP contribution in [0.5, 0.6) is 0 Å². The molecule has 5 N–H and O–H groups in total. The Bertz CT molecular complexity index is 492. The van der Waals surface area contributed by atoms with Crippen LogP contribution in [0, 0.1) is 5.53 Å². The number of rotatable bonds is 12. The number of carbonyl (C=O) groups is 2. The van der Waals surface area contributed by atoms with Crippen LogP contribution in [0.1, 0.15) is 66.2 Å². The van der Waals surface area contributed by atoms with Gasteiger partial charge in [-0.25, -0.2) is 5.53 Å². The highest BCUT2D eigenvalue weighted by atomic mass is 16.2. The second kappa shape index (κ2) is 12.2. The van der Waals surface area contributed by atoms with E-state index in [9.17, 15) is 9.59 Å². The number of carbonyl (C=O) groups excluding carboxylic acids is 2. The van der Waals surface area contributed by atoms with E-state index in [4.69, 9.17) is 11.3 Å². The second-order valence-electron chi connectivity index (χ2n) is 7.05. The Morgan fingerprint density at radius 2 is 1.84 bits per heavy atom. The monoisotopic (exact) mass is 351 g/mol. The van der Waals surface area contributed by atoms with Crippen LogP contribution in [0.25, 0.3) is 0 Å². The Labute approximate surface area is 151 Å². The topological polar surface area (TPSA) is 120 Å². The van der Waals surface area contributed by atoms with Gasteiger partial charge in [0.15, 0.2) is 0 Å². The molecule has 0 rings (SSSR count). The summed E-state index contributed by atoms with van der Waals surface area (Å²) < 4.78 is 0. The first-order valence-corrected chi connectivity index (χ1v) is 8.81. The zero-order valence-corrected chi connectivity index (χ0v) is 15.9. The maximum Gasteiger partial charge on any atom is 0.241 e. The van der Waals surface area contributed by atoms with E-state index in [1.807, 2.05) is 20.8 Å². The lowest BCUT2D eigenvalue weighted by Crippen LogP contribution is -2.37. The maximum absolute atomic E-state index is 12.1. The van der Waals surface area contributed by atoms with Crippen LogP contribution in [0.2, 0.25) is 0 Å². The molecule has 0 aliphatic heterocycles. The van der Waals surface area contributed by atoms with Gasteiger partial charge in [0.05, 0.1) is 6.04 Å². The van der Waals surface area contributed by atoms with Crippen LogP contribution in [-0.4, -0.2) is 23.4 Å². The molecule has 0 saturated heterocycles. The molecule has 2 amide bonds. The number of nitrogens with two attached hydrogens (primary N) is 1.